The van der Waals surface area contributed by atoms with Crippen LogP contribution in [-0.4, -0.2) is 55.6 Å². The van der Waals surface area contributed by atoms with E-state index in [1.807, 2.05) is 19.1 Å². The van der Waals surface area contributed by atoms with Gasteiger partial charge in [-0.05, 0) is 67.1 Å². The van der Waals surface area contributed by atoms with Gasteiger partial charge in [0.1, 0.15) is 11.2 Å². The van der Waals surface area contributed by atoms with E-state index in [-0.39, 0.29) is 36.2 Å². The monoisotopic (exact) mass is 587 g/mol. The first-order chi connectivity index (χ1) is 20.9. The molecule has 10 heteroatoms. The van der Waals surface area contributed by atoms with Gasteiger partial charge in [0.25, 0.3) is 5.56 Å². The van der Waals surface area contributed by atoms with Gasteiger partial charge in [0, 0.05) is 28.9 Å². The summed E-state index contributed by atoms with van der Waals surface area (Å²) in [7, 11) is 6.06. The molecule has 226 valence electrons. The van der Waals surface area contributed by atoms with Gasteiger partial charge in [-0.3, -0.25) is 14.3 Å². The smallest absolute Gasteiger partial charge is 0.355 e. The molecule has 4 aromatic rings. The molecule has 0 spiro atoms. The van der Waals surface area contributed by atoms with Crippen molar-refractivity contribution in [3.05, 3.63) is 69.9 Å². The molecule has 3 aromatic heterocycles. The molecule has 0 atom stereocenters. The van der Waals surface area contributed by atoms with Crippen molar-refractivity contribution in [1.82, 2.24) is 14.5 Å². The highest BCUT2D eigenvalue weighted by atomic mass is 16.5. The van der Waals surface area contributed by atoms with Crippen molar-refractivity contribution in [2.75, 3.05) is 35.0 Å². The number of hydrogen-bond donors (Lipinski definition) is 0. The molecule has 0 saturated heterocycles. The Morgan fingerprint density at radius 2 is 1.65 bits per heavy atom. The first kappa shape index (κ1) is 29.9. The highest BCUT2D eigenvalue weighted by Crippen LogP contribution is 2.43. The average molecular weight is 588 g/mol. The molecule has 0 unspecified atom stereocenters. The Kier molecular flexibility index (Phi) is 9.13. The SMILES string of the molecule is COc1ccc2c(-c3cc(OC)c(OC)c(OC)c3)c(C(=O)OCC3CCCCC3)n(Cc3ccnc(C)c3)c(=O)c2n1. The molecule has 0 amide bonds. The molecule has 0 N–H and O–H groups in total. The van der Waals surface area contributed by atoms with E-state index in [0.29, 0.717) is 33.8 Å². The van der Waals surface area contributed by atoms with Gasteiger partial charge in [-0.15, -0.1) is 0 Å². The van der Waals surface area contributed by atoms with E-state index in [9.17, 15) is 9.59 Å². The van der Waals surface area contributed by atoms with Crippen molar-refractivity contribution in [2.24, 2.45) is 5.92 Å². The number of nitrogens with zero attached hydrogens (tertiary/aromatic N) is 3. The van der Waals surface area contributed by atoms with E-state index in [1.54, 1.807) is 30.5 Å². The molecule has 43 heavy (non-hydrogen) atoms. The van der Waals surface area contributed by atoms with Crippen LogP contribution in [0.5, 0.6) is 23.1 Å². The minimum absolute atomic E-state index is 0.0995. The summed E-state index contributed by atoms with van der Waals surface area (Å²) in [6.45, 7) is 2.26. The van der Waals surface area contributed by atoms with Crippen LogP contribution in [-0.2, 0) is 11.3 Å². The second-order valence-corrected chi connectivity index (χ2v) is 10.7. The number of methoxy groups -OCH3 is 4. The molecule has 0 radical (unpaired) electrons. The Bertz CT molecular complexity index is 1670. The van der Waals surface area contributed by atoms with Gasteiger partial charge in [0.2, 0.25) is 11.6 Å². The highest BCUT2D eigenvalue weighted by Gasteiger charge is 2.28. The number of hydrogen-bond acceptors (Lipinski definition) is 9. The maximum atomic E-state index is 14.2. The van der Waals surface area contributed by atoms with Crippen LogP contribution in [0.15, 0.2) is 47.4 Å². The van der Waals surface area contributed by atoms with Crippen LogP contribution in [0.1, 0.15) is 53.8 Å². The zero-order valence-electron chi connectivity index (χ0n) is 25.3. The lowest BCUT2D eigenvalue weighted by molar-refractivity contribution is 0.0398. The van der Waals surface area contributed by atoms with Gasteiger partial charge in [-0.25, -0.2) is 9.78 Å². The quantitative estimate of drug-likeness (QED) is 0.219. The Labute approximate surface area is 250 Å². The number of rotatable bonds is 10. The number of fused-ring (bicyclic) bond motifs is 1. The second kappa shape index (κ2) is 13.1. The first-order valence-corrected chi connectivity index (χ1v) is 14.4. The van der Waals surface area contributed by atoms with Gasteiger partial charge in [-0.2, -0.15) is 0 Å². The summed E-state index contributed by atoms with van der Waals surface area (Å²) in [6.07, 6.45) is 7.14. The summed E-state index contributed by atoms with van der Waals surface area (Å²) in [4.78, 5) is 37.2. The van der Waals surface area contributed by atoms with Crippen LogP contribution in [0.4, 0.5) is 0 Å². The number of ether oxygens (including phenoxy) is 5. The zero-order chi connectivity index (χ0) is 30.5. The Balaban J connectivity index is 1.81. The molecular formula is C33H37N3O7. The van der Waals surface area contributed by atoms with Gasteiger partial charge < -0.3 is 23.7 Å². The molecule has 0 aliphatic heterocycles. The zero-order valence-corrected chi connectivity index (χ0v) is 25.3. The molecule has 5 rings (SSSR count). The number of carbonyl (C=O) groups is 1. The fourth-order valence-corrected chi connectivity index (χ4v) is 5.79. The number of carbonyl (C=O) groups excluding carboxylic acids is 1. The van der Waals surface area contributed by atoms with Gasteiger partial charge >= 0.3 is 5.97 Å². The van der Waals surface area contributed by atoms with E-state index in [2.05, 4.69) is 9.97 Å². The maximum absolute atomic E-state index is 14.2. The Morgan fingerprint density at radius 3 is 2.28 bits per heavy atom. The topological polar surface area (TPSA) is 111 Å². The third-order valence-corrected chi connectivity index (χ3v) is 7.93. The Hall–Kier alpha value is -4.60. The first-order valence-electron chi connectivity index (χ1n) is 14.4. The lowest BCUT2D eigenvalue weighted by Gasteiger charge is -2.23. The molecule has 10 nitrogen and oxygen atoms in total. The maximum Gasteiger partial charge on any atom is 0.355 e. The molecule has 1 aliphatic rings. The summed E-state index contributed by atoms with van der Waals surface area (Å²) >= 11 is 0. The van der Waals surface area contributed by atoms with Crippen molar-refractivity contribution in [3.63, 3.8) is 0 Å². The van der Waals surface area contributed by atoms with Crippen LogP contribution in [0, 0.1) is 12.8 Å². The van der Waals surface area contributed by atoms with Crippen LogP contribution in [0.25, 0.3) is 22.0 Å². The molecule has 0 bridgehead atoms. The molecule has 1 fully saturated rings. The molecule has 1 aromatic carbocycles. The van der Waals surface area contributed by atoms with Crippen molar-refractivity contribution in [1.29, 1.82) is 0 Å². The standard InChI is InChI=1S/C33H37N3O7/c1-20-15-22(13-14-34-20)18-36-30(33(38)43-19-21-9-7-6-8-10-21)28(24-11-12-27(41-4)35-29(24)32(36)37)23-16-25(39-2)31(42-5)26(17-23)40-3/h11-17,21H,6-10,18-19H2,1-5H3. The lowest BCUT2D eigenvalue weighted by Crippen LogP contribution is -2.30. The van der Waals surface area contributed by atoms with E-state index >= 15 is 0 Å². The van der Waals surface area contributed by atoms with Crippen LogP contribution >= 0.6 is 0 Å². The fraction of sp³-hybridized carbons (Fsp3) is 0.394. The largest absolute Gasteiger partial charge is 0.493 e. The summed E-state index contributed by atoms with van der Waals surface area (Å²) in [5, 5.41) is 0.465. The van der Waals surface area contributed by atoms with E-state index in [4.69, 9.17) is 23.7 Å². The van der Waals surface area contributed by atoms with Crippen molar-refractivity contribution >= 4 is 16.9 Å². The van der Waals surface area contributed by atoms with Crippen LogP contribution in [0.2, 0.25) is 0 Å². The minimum atomic E-state index is -0.588. The predicted octanol–water partition coefficient (Wildman–Crippen LogP) is 5.59. The lowest BCUT2D eigenvalue weighted by atomic mass is 9.90. The van der Waals surface area contributed by atoms with E-state index < -0.39 is 11.5 Å². The minimum Gasteiger partial charge on any atom is -0.493 e. The summed E-state index contributed by atoms with van der Waals surface area (Å²) in [5.41, 5.74) is 2.44. The number of aromatic nitrogens is 3. The predicted molar refractivity (Wildman–Crippen MR) is 163 cm³/mol. The molecule has 1 saturated carbocycles. The summed E-state index contributed by atoms with van der Waals surface area (Å²) in [6, 6.07) is 10.6. The third-order valence-electron chi connectivity index (χ3n) is 7.93. The van der Waals surface area contributed by atoms with Crippen LogP contribution in [0.3, 0.4) is 0 Å². The Morgan fingerprint density at radius 1 is 0.930 bits per heavy atom. The summed E-state index contributed by atoms with van der Waals surface area (Å²) in [5.74, 6) is 1.18. The van der Waals surface area contributed by atoms with Gasteiger partial charge in [0.05, 0.1) is 41.6 Å². The highest BCUT2D eigenvalue weighted by molar-refractivity contribution is 6.06. The average Bonchev–Trinajstić information content (AvgIpc) is 3.04. The normalized spacial score (nSPS) is 13.5. The van der Waals surface area contributed by atoms with Crippen molar-refractivity contribution in [3.8, 4) is 34.3 Å². The molecule has 1 aliphatic carbocycles. The molecule has 3 heterocycles. The van der Waals surface area contributed by atoms with Gasteiger partial charge in [-0.1, -0.05) is 19.3 Å². The van der Waals surface area contributed by atoms with Crippen molar-refractivity contribution in [2.45, 2.75) is 45.6 Å². The van der Waals surface area contributed by atoms with E-state index in [0.717, 1.165) is 36.9 Å². The fourth-order valence-electron chi connectivity index (χ4n) is 5.79. The molecular weight excluding hydrogens is 550 g/mol. The second-order valence-electron chi connectivity index (χ2n) is 10.7. The number of aryl methyl sites for hydroxylation is 1. The van der Waals surface area contributed by atoms with Gasteiger partial charge in [0.15, 0.2) is 11.5 Å². The van der Waals surface area contributed by atoms with Crippen LogP contribution < -0.4 is 24.5 Å². The summed E-state index contributed by atoms with van der Waals surface area (Å²) < 4.78 is 29.6. The number of esters is 1. The number of pyridine rings is 3. The number of benzene rings is 1. The third kappa shape index (κ3) is 6.14. The van der Waals surface area contributed by atoms with Crippen molar-refractivity contribution < 1.29 is 28.5 Å². The van der Waals surface area contributed by atoms with E-state index in [1.165, 1.54) is 39.4 Å².